The second-order valence-electron chi connectivity index (χ2n) is 24.1. The summed E-state index contributed by atoms with van der Waals surface area (Å²) >= 11 is 3.43. The highest BCUT2D eigenvalue weighted by Gasteiger charge is 2.63. The van der Waals surface area contributed by atoms with Crippen molar-refractivity contribution in [3.63, 3.8) is 0 Å². The molecule has 2 heterocycles. The predicted octanol–water partition coefficient (Wildman–Crippen LogP) is 12.5. The van der Waals surface area contributed by atoms with Crippen LogP contribution < -0.4 is 0 Å². The monoisotopic (exact) mass is 937 g/mol. The molecular weight excluding hydrogens is 849 g/mol. The van der Waals surface area contributed by atoms with E-state index in [1.54, 1.807) is 12.5 Å². The Bertz CT molecular complexity index is 1870. The third-order valence-corrected chi connectivity index (χ3v) is 21.1. The molecule has 9 heteroatoms. The number of nitrogens with zero attached hydrogens (tertiary/aromatic N) is 3. The number of Topliss-reactive ketones (excluding diaryl/α,β-unsaturated/α-hetero) is 2. The maximum atomic E-state index is 13.3. The SMILES string of the molecule is C.C.C[C@@]1(O)CC[C@@]2(C)[C@@H](CC[C@@H]3[C@@H]2CC[C@]2(C)[C@@H](C(=O)CBr)CC[C@@H]32)C1.Cc1cnc[nH]1.Cc1cnn(CC(=O)[C@H]2CC[C@H]3[C@@H]4CC[C@H]5C[C@](C)(O)CC[C@]5(C)[C@H]4CC[C@]23C)c1. The summed E-state index contributed by atoms with van der Waals surface area (Å²) in [5.41, 5.74) is 2.55. The molecule has 10 rings (SSSR count). The second kappa shape index (κ2) is 18.7. The van der Waals surface area contributed by atoms with Crippen LogP contribution in [-0.4, -0.2) is 58.1 Å². The summed E-state index contributed by atoms with van der Waals surface area (Å²) in [7, 11) is 0. The summed E-state index contributed by atoms with van der Waals surface area (Å²) in [6, 6.07) is 0. The number of fused-ring (bicyclic) bond motifs is 10. The van der Waals surface area contributed by atoms with E-state index in [1.165, 1.54) is 77.0 Å². The molecule has 8 saturated carbocycles. The van der Waals surface area contributed by atoms with Gasteiger partial charge in [0, 0.05) is 29.9 Å². The molecule has 0 aromatic carbocycles. The van der Waals surface area contributed by atoms with Crippen LogP contribution in [0, 0.1) is 94.7 Å². The van der Waals surface area contributed by atoms with Crippen LogP contribution in [0.5, 0.6) is 0 Å². The molecule has 3 N–H and O–H groups in total. The number of aromatic nitrogens is 4. The summed E-state index contributed by atoms with van der Waals surface area (Å²) < 4.78 is 1.83. The van der Waals surface area contributed by atoms with E-state index < -0.39 is 11.2 Å². The minimum Gasteiger partial charge on any atom is -0.390 e. The number of alkyl halides is 1. The highest BCUT2D eigenvalue weighted by atomic mass is 79.9. The van der Waals surface area contributed by atoms with Crippen LogP contribution in [0.15, 0.2) is 24.9 Å². The van der Waals surface area contributed by atoms with E-state index in [4.69, 9.17) is 0 Å². The van der Waals surface area contributed by atoms with E-state index in [9.17, 15) is 19.8 Å². The minimum atomic E-state index is -0.462. The molecule has 0 amide bonds. The number of aliphatic hydroxyl groups is 2. The molecule has 2 aromatic rings. The van der Waals surface area contributed by atoms with Crippen LogP contribution in [0.2, 0.25) is 0 Å². The van der Waals surface area contributed by atoms with Gasteiger partial charge in [-0.1, -0.05) is 58.5 Å². The Balaban J connectivity index is 0.000000182. The molecule has 8 aliphatic rings. The van der Waals surface area contributed by atoms with Gasteiger partial charge >= 0.3 is 0 Å². The average Bonchev–Trinajstić information content (AvgIpc) is 4.01. The number of rotatable bonds is 5. The molecule has 0 radical (unpaired) electrons. The molecule has 16 atom stereocenters. The van der Waals surface area contributed by atoms with E-state index in [0.717, 1.165) is 79.4 Å². The Hall–Kier alpha value is -1.84. The number of carbonyl (C=O) groups excluding carboxylic acids is 2. The molecule has 8 aliphatic carbocycles. The molecule has 8 nitrogen and oxygen atoms in total. The number of aromatic amines is 1. The number of halogens is 1. The third-order valence-electron chi connectivity index (χ3n) is 20.5. The molecule has 8 fully saturated rings. The zero-order chi connectivity index (χ0) is 43.8. The van der Waals surface area contributed by atoms with E-state index in [-0.39, 0.29) is 37.5 Å². The Morgan fingerprint density at radius 2 is 1.13 bits per heavy atom. The van der Waals surface area contributed by atoms with Crippen LogP contribution in [0.3, 0.4) is 0 Å². The van der Waals surface area contributed by atoms with Crippen LogP contribution in [0.1, 0.15) is 183 Å². The standard InChI is InChI=1S/C26H40N2O2.C22H35BrO2.C4H6N2.2CH4/c1-17-14-27-28(15-17)16-23(29)22-8-7-20-19-6-5-18-13-24(2,30)11-12-25(18,3)21(19)9-10-26(20,22)4;1-20(25)10-11-21(2)14(12-20)4-5-15-16-6-7-18(19(24)13-23)22(16,3)9-8-17(15)21;1-4-2-5-3-6-4;;/h14-15,18-22,30H,5-13,16H2,1-4H3;14-18,25H,4-13H2,1-3H3;2-3H,1H3,(H,5,6);2*1H4/t18-,19-,20-,21-,22+,24+,25-,26-;14-,15-,16-,17-,18+,20+,21-,22-;;;/m00.../s1. The Kier molecular flexibility index (Phi) is 15.0. The molecule has 0 spiro atoms. The van der Waals surface area contributed by atoms with Gasteiger partial charge in [-0.05, 0) is 218 Å². The van der Waals surface area contributed by atoms with E-state index >= 15 is 0 Å². The van der Waals surface area contributed by atoms with Crippen molar-refractivity contribution >= 4 is 27.5 Å². The van der Waals surface area contributed by atoms with Gasteiger partial charge in [-0.15, -0.1) is 0 Å². The normalized spacial score (nSPS) is 45.6. The Morgan fingerprint density at radius 1 is 0.651 bits per heavy atom. The van der Waals surface area contributed by atoms with Gasteiger partial charge in [-0.2, -0.15) is 5.10 Å². The fourth-order valence-electron chi connectivity index (χ4n) is 17.2. The van der Waals surface area contributed by atoms with Crippen molar-refractivity contribution in [1.82, 2.24) is 19.7 Å². The largest absolute Gasteiger partial charge is 0.390 e. The van der Waals surface area contributed by atoms with Crippen molar-refractivity contribution < 1.29 is 19.8 Å². The maximum Gasteiger partial charge on any atom is 0.157 e. The number of ketones is 2. The highest BCUT2D eigenvalue weighted by molar-refractivity contribution is 9.09. The minimum absolute atomic E-state index is 0. The van der Waals surface area contributed by atoms with Gasteiger partial charge in [0.15, 0.2) is 5.78 Å². The Labute approximate surface area is 391 Å². The summed E-state index contributed by atoms with van der Waals surface area (Å²) in [5.74, 6) is 7.34. The van der Waals surface area contributed by atoms with Crippen molar-refractivity contribution in [2.75, 3.05) is 5.33 Å². The second-order valence-corrected chi connectivity index (χ2v) is 24.6. The number of aryl methyl sites for hydroxylation is 2. The Morgan fingerprint density at radius 3 is 1.52 bits per heavy atom. The van der Waals surface area contributed by atoms with Gasteiger partial charge in [-0.25, -0.2) is 4.98 Å². The number of imidazole rings is 1. The number of hydrogen-bond donors (Lipinski definition) is 3. The van der Waals surface area contributed by atoms with Crippen molar-refractivity contribution in [2.24, 2.45) is 80.8 Å². The quantitative estimate of drug-likeness (QED) is 0.257. The van der Waals surface area contributed by atoms with Crippen molar-refractivity contribution in [3.05, 3.63) is 36.2 Å². The average molecular weight is 938 g/mol. The van der Waals surface area contributed by atoms with Crippen LogP contribution >= 0.6 is 15.9 Å². The highest BCUT2D eigenvalue weighted by Crippen LogP contribution is 2.70. The van der Waals surface area contributed by atoms with Gasteiger partial charge in [0.2, 0.25) is 0 Å². The van der Waals surface area contributed by atoms with Gasteiger partial charge in [-0.3, -0.25) is 14.3 Å². The first-order chi connectivity index (χ1) is 28.7. The topological polar surface area (TPSA) is 121 Å². The fourth-order valence-corrected chi connectivity index (χ4v) is 17.6. The lowest BCUT2D eigenvalue weighted by molar-refractivity contribution is -0.151. The molecular formula is C54H89BrN4O4. The summed E-state index contributed by atoms with van der Waals surface area (Å²) in [5, 5.41) is 26.2. The number of hydrogen-bond acceptors (Lipinski definition) is 6. The number of H-pyrrole nitrogens is 1. The third kappa shape index (κ3) is 9.27. The fraction of sp³-hybridized carbons (Fsp3) is 0.852. The number of nitrogens with one attached hydrogen (secondary N) is 1. The van der Waals surface area contributed by atoms with Gasteiger partial charge in [0.25, 0.3) is 0 Å². The maximum absolute atomic E-state index is 13.3. The number of carbonyl (C=O) groups is 2. The summed E-state index contributed by atoms with van der Waals surface area (Å²) in [6.07, 6.45) is 28.4. The van der Waals surface area contributed by atoms with Crippen LogP contribution in [0.4, 0.5) is 0 Å². The zero-order valence-corrected chi connectivity index (χ0v) is 40.7. The first-order valence-electron chi connectivity index (χ1n) is 24.7. The molecule has 0 bridgehead atoms. The van der Waals surface area contributed by atoms with Crippen LogP contribution in [-0.2, 0) is 16.1 Å². The zero-order valence-electron chi connectivity index (χ0n) is 39.2. The smallest absolute Gasteiger partial charge is 0.157 e. The van der Waals surface area contributed by atoms with E-state index in [1.807, 2.05) is 44.8 Å². The van der Waals surface area contributed by atoms with Crippen molar-refractivity contribution in [1.29, 1.82) is 0 Å². The molecule has 356 valence electrons. The van der Waals surface area contributed by atoms with Crippen molar-refractivity contribution in [2.45, 2.75) is 204 Å². The lowest BCUT2D eigenvalue weighted by atomic mass is 9.44. The molecule has 0 unspecified atom stereocenters. The lowest BCUT2D eigenvalue weighted by Gasteiger charge is -2.61. The van der Waals surface area contributed by atoms with Gasteiger partial charge in [0.1, 0.15) is 5.78 Å². The molecule has 0 aliphatic heterocycles. The van der Waals surface area contributed by atoms with Crippen molar-refractivity contribution in [3.8, 4) is 0 Å². The summed E-state index contributed by atoms with van der Waals surface area (Å²) in [6.45, 7) is 18.5. The van der Waals surface area contributed by atoms with Gasteiger partial charge < -0.3 is 15.2 Å². The van der Waals surface area contributed by atoms with E-state index in [2.05, 4.69) is 58.7 Å². The lowest BCUT2D eigenvalue weighted by Crippen LogP contribution is -2.55. The first kappa shape index (κ1) is 50.6. The van der Waals surface area contributed by atoms with Crippen LogP contribution in [0.25, 0.3) is 0 Å². The molecule has 63 heavy (non-hydrogen) atoms. The summed E-state index contributed by atoms with van der Waals surface area (Å²) in [4.78, 5) is 32.5. The molecule has 2 aromatic heterocycles. The predicted molar refractivity (Wildman–Crippen MR) is 259 cm³/mol. The molecule has 0 saturated heterocycles. The first-order valence-corrected chi connectivity index (χ1v) is 25.9. The van der Waals surface area contributed by atoms with E-state index in [0.29, 0.717) is 52.0 Å². The van der Waals surface area contributed by atoms with Gasteiger partial charge in [0.05, 0.1) is 35.6 Å².